The largest absolute Gasteiger partial charge is 0.489 e. The van der Waals surface area contributed by atoms with Gasteiger partial charge in [-0.25, -0.2) is 0 Å². The zero-order valence-electron chi connectivity index (χ0n) is 10.2. The van der Waals surface area contributed by atoms with E-state index in [0.29, 0.717) is 11.3 Å². The van der Waals surface area contributed by atoms with Gasteiger partial charge in [-0.15, -0.1) is 0 Å². The van der Waals surface area contributed by atoms with Gasteiger partial charge in [-0.2, -0.15) is 11.8 Å². The van der Waals surface area contributed by atoms with Crippen molar-refractivity contribution in [3.05, 3.63) is 24.0 Å². The molecule has 0 N–H and O–H groups in total. The second kappa shape index (κ2) is 5.54. The van der Waals surface area contributed by atoms with Gasteiger partial charge in [0.2, 0.25) is 0 Å². The van der Waals surface area contributed by atoms with Gasteiger partial charge in [0, 0.05) is 23.4 Å². The molecule has 17 heavy (non-hydrogen) atoms. The van der Waals surface area contributed by atoms with Crippen molar-refractivity contribution in [2.45, 2.75) is 26.4 Å². The highest BCUT2D eigenvalue weighted by molar-refractivity contribution is 7.99. The molecule has 0 amide bonds. The molecule has 0 saturated carbocycles. The average molecular weight is 251 g/mol. The highest BCUT2D eigenvalue weighted by atomic mass is 32.2. The fourth-order valence-electron chi connectivity index (χ4n) is 1.87. The van der Waals surface area contributed by atoms with Gasteiger partial charge in [0.25, 0.3) is 0 Å². The number of rotatable bonds is 4. The van der Waals surface area contributed by atoms with Gasteiger partial charge < -0.3 is 4.74 Å². The molecule has 1 saturated heterocycles. The molecule has 2 rings (SSSR count). The van der Waals surface area contributed by atoms with Crippen molar-refractivity contribution >= 4 is 17.5 Å². The first-order valence-corrected chi connectivity index (χ1v) is 7.06. The van der Waals surface area contributed by atoms with Gasteiger partial charge in [0.05, 0.1) is 12.3 Å². The van der Waals surface area contributed by atoms with Gasteiger partial charge in [0.1, 0.15) is 5.75 Å². The van der Waals surface area contributed by atoms with E-state index in [1.165, 1.54) is 0 Å². The number of hydrogen-bond acceptors (Lipinski definition) is 4. The second-order valence-electron chi connectivity index (χ2n) is 4.50. The molecule has 2 heterocycles. The number of ketones is 1. The van der Waals surface area contributed by atoms with Crippen molar-refractivity contribution < 1.29 is 9.53 Å². The number of ether oxygens (including phenoxy) is 1. The summed E-state index contributed by atoms with van der Waals surface area (Å²) < 4.78 is 5.55. The molecular formula is C13H17NO2S. The maximum atomic E-state index is 12.2. The van der Waals surface area contributed by atoms with Crippen molar-refractivity contribution in [1.29, 1.82) is 0 Å². The zero-order valence-corrected chi connectivity index (χ0v) is 11.0. The molecule has 0 bridgehead atoms. The van der Waals surface area contributed by atoms with E-state index in [9.17, 15) is 4.79 Å². The van der Waals surface area contributed by atoms with Gasteiger partial charge >= 0.3 is 0 Å². The number of nitrogens with zero attached hydrogens (tertiary/aromatic N) is 1. The molecule has 1 fully saturated rings. The number of pyridine rings is 1. The Balaban J connectivity index is 2.12. The maximum Gasteiger partial charge on any atom is 0.168 e. The summed E-state index contributed by atoms with van der Waals surface area (Å²) in [6.07, 6.45) is 4.38. The van der Waals surface area contributed by atoms with Crippen molar-refractivity contribution in [3.8, 4) is 5.75 Å². The third-order valence-electron chi connectivity index (χ3n) is 2.67. The van der Waals surface area contributed by atoms with E-state index in [0.717, 1.165) is 17.9 Å². The van der Waals surface area contributed by atoms with Gasteiger partial charge in [0.15, 0.2) is 5.78 Å². The molecule has 4 heteroatoms. The monoisotopic (exact) mass is 251 g/mol. The van der Waals surface area contributed by atoms with Crippen LogP contribution in [0.15, 0.2) is 18.5 Å². The van der Waals surface area contributed by atoms with Gasteiger partial charge in [-0.1, -0.05) is 0 Å². The van der Waals surface area contributed by atoms with Crippen LogP contribution in [-0.2, 0) is 0 Å². The summed E-state index contributed by atoms with van der Waals surface area (Å²) in [6.45, 7) is 3.92. The minimum atomic E-state index is 0.101. The normalized spacial score (nSPS) is 19.6. The molecule has 3 nitrogen and oxygen atoms in total. The van der Waals surface area contributed by atoms with E-state index < -0.39 is 0 Å². The number of aromatic nitrogens is 1. The number of carbonyl (C=O) groups is 1. The third-order valence-corrected chi connectivity index (χ3v) is 3.83. The van der Waals surface area contributed by atoms with Crippen LogP contribution in [0, 0.1) is 5.92 Å². The minimum Gasteiger partial charge on any atom is -0.489 e. The SMILES string of the molecule is CC(C)Oc1cncc(C(=O)C2CCSC2)c1. The predicted molar refractivity (Wildman–Crippen MR) is 69.8 cm³/mol. The van der Waals surface area contributed by atoms with Crippen LogP contribution in [0.25, 0.3) is 0 Å². The molecule has 1 atom stereocenters. The molecule has 1 aliphatic heterocycles. The lowest BCUT2D eigenvalue weighted by Crippen LogP contribution is -2.14. The molecule has 0 aromatic carbocycles. The molecule has 92 valence electrons. The Labute approximate surface area is 106 Å². The lowest BCUT2D eigenvalue weighted by Gasteiger charge is -2.11. The zero-order chi connectivity index (χ0) is 12.3. The Morgan fingerprint density at radius 1 is 1.53 bits per heavy atom. The van der Waals surface area contributed by atoms with Crippen LogP contribution in [0.4, 0.5) is 0 Å². The molecule has 1 aliphatic rings. The van der Waals surface area contributed by atoms with E-state index in [1.807, 2.05) is 25.6 Å². The molecule has 0 radical (unpaired) electrons. The maximum absolute atomic E-state index is 12.2. The quantitative estimate of drug-likeness (QED) is 0.771. The standard InChI is InChI=1S/C13H17NO2S/c1-9(2)16-12-5-11(6-14-7-12)13(15)10-3-4-17-8-10/h5-7,9-10H,3-4,8H2,1-2H3. The van der Waals surface area contributed by atoms with Crippen LogP contribution in [0.1, 0.15) is 30.6 Å². The Hall–Kier alpha value is -1.03. The summed E-state index contributed by atoms with van der Waals surface area (Å²) >= 11 is 1.85. The predicted octanol–water partition coefficient (Wildman–Crippen LogP) is 2.80. The van der Waals surface area contributed by atoms with Gasteiger partial charge in [-0.3, -0.25) is 9.78 Å². The Bertz CT molecular complexity index is 400. The molecular weight excluding hydrogens is 234 g/mol. The molecule has 0 aliphatic carbocycles. The Morgan fingerprint density at radius 3 is 3.00 bits per heavy atom. The van der Waals surface area contributed by atoms with Gasteiger partial charge in [-0.05, 0) is 32.1 Å². The average Bonchev–Trinajstić information content (AvgIpc) is 2.81. The van der Waals surface area contributed by atoms with E-state index in [2.05, 4.69) is 4.98 Å². The lowest BCUT2D eigenvalue weighted by molar-refractivity contribution is 0.0932. The third kappa shape index (κ3) is 3.22. The van der Waals surface area contributed by atoms with Crippen LogP contribution in [-0.4, -0.2) is 28.4 Å². The lowest BCUT2D eigenvalue weighted by atomic mass is 9.98. The minimum absolute atomic E-state index is 0.101. The summed E-state index contributed by atoms with van der Waals surface area (Å²) in [6, 6.07) is 1.80. The van der Waals surface area contributed by atoms with E-state index >= 15 is 0 Å². The van der Waals surface area contributed by atoms with Crippen LogP contribution >= 0.6 is 11.8 Å². The van der Waals surface area contributed by atoms with Crippen molar-refractivity contribution in [2.24, 2.45) is 5.92 Å². The van der Waals surface area contributed by atoms with E-state index in [-0.39, 0.29) is 17.8 Å². The fourth-order valence-corrected chi connectivity index (χ4v) is 3.09. The Morgan fingerprint density at radius 2 is 2.35 bits per heavy atom. The summed E-state index contributed by atoms with van der Waals surface area (Å²) in [4.78, 5) is 16.3. The van der Waals surface area contributed by atoms with E-state index in [4.69, 9.17) is 4.74 Å². The summed E-state index contributed by atoms with van der Waals surface area (Å²) in [5.41, 5.74) is 0.677. The van der Waals surface area contributed by atoms with Crippen LogP contribution in [0.2, 0.25) is 0 Å². The molecule has 1 aromatic rings. The topological polar surface area (TPSA) is 39.2 Å². The Kier molecular flexibility index (Phi) is 4.05. The summed E-state index contributed by atoms with van der Waals surface area (Å²) in [7, 11) is 0. The summed E-state index contributed by atoms with van der Waals surface area (Å²) in [5, 5.41) is 0. The molecule has 1 aromatic heterocycles. The van der Waals surface area contributed by atoms with Crippen molar-refractivity contribution in [1.82, 2.24) is 4.98 Å². The van der Waals surface area contributed by atoms with Crippen molar-refractivity contribution in [2.75, 3.05) is 11.5 Å². The molecule has 1 unspecified atom stereocenters. The highest BCUT2D eigenvalue weighted by Gasteiger charge is 2.24. The highest BCUT2D eigenvalue weighted by Crippen LogP contribution is 2.27. The van der Waals surface area contributed by atoms with E-state index in [1.54, 1.807) is 18.5 Å². The number of hydrogen-bond donors (Lipinski definition) is 0. The smallest absolute Gasteiger partial charge is 0.168 e. The molecule has 0 spiro atoms. The fraction of sp³-hybridized carbons (Fsp3) is 0.538. The number of thioether (sulfide) groups is 1. The first-order valence-electron chi connectivity index (χ1n) is 5.90. The van der Waals surface area contributed by atoms with Crippen LogP contribution in [0.3, 0.4) is 0 Å². The number of carbonyl (C=O) groups excluding carboxylic acids is 1. The first kappa shape index (κ1) is 12.4. The van der Waals surface area contributed by atoms with Crippen LogP contribution < -0.4 is 4.74 Å². The first-order chi connectivity index (χ1) is 8.16. The van der Waals surface area contributed by atoms with Crippen molar-refractivity contribution in [3.63, 3.8) is 0 Å². The number of Topliss-reactive ketones (excluding diaryl/α,β-unsaturated/α-hetero) is 1. The summed E-state index contributed by atoms with van der Waals surface area (Å²) in [5.74, 6) is 3.07. The second-order valence-corrected chi connectivity index (χ2v) is 5.65. The van der Waals surface area contributed by atoms with Crippen LogP contribution in [0.5, 0.6) is 5.75 Å².